The third-order valence-corrected chi connectivity index (χ3v) is 5.31. The highest BCUT2D eigenvalue weighted by Crippen LogP contribution is 2.23. The van der Waals surface area contributed by atoms with Gasteiger partial charge in [-0.15, -0.1) is 0 Å². The van der Waals surface area contributed by atoms with Crippen molar-refractivity contribution in [3.8, 4) is 11.1 Å². The summed E-state index contributed by atoms with van der Waals surface area (Å²) in [4.78, 5) is 26.6. The fraction of sp³-hybridized carbons (Fsp3) is 0.391. The van der Waals surface area contributed by atoms with Crippen LogP contribution in [0.1, 0.15) is 49.0 Å². The molecule has 1 heterocycles. The van der Waals surface area contributed by atoms with Crippen LogP contribution in [-0.2, 0) is 9.53 Å². The van der Waals surface area contributed by atoms with E-state index in [4.69, 9.17) is 4.74 Å². The van der Waals surface area contributed by atoms with Gasteiger partial charge in [0.25, 0.3) is 5.91 Å². The van der Waals surface area contributed by atoms with Gasteiger partial charge in [0, 0.05) is 12.1 Å². The first kappa shape index (κ1) is 19.2. The molecule has 3 rings (SSSR count). The molecule has 2 aromatic carbocycles. The highest BCUT2D eigenvalue weighted by molar-refractivity contribution is 5.92. The van der Waals surface area contributed by atoms with Crippen molar-refractivity contribution >= 4 is 11.9 Å². The zero-order valence-corrected chi connectivity index (χ0v) is 16.3. The first-order valence-corrected chi connectivity index (χ1v) is 9.61. The maximum atomic E-state index is 12.5. The van der Waals surface area contributed by atoms with E-state index < -0.39 is 5.97 Å². The molecule has 1 amide bonds. The van der Waals surface area contributed by atoms with Gasteiger partial charge >= 0.3 is 5.97 Å². The number of aryl methyl sites for hydroxylation is 1. The molecule has 1 fully saturated rings. The van der Waals surface area contributed by atoms with E-state index in [9.17, 15) is 9.59 Å². The van der Waals surface area contributed by atoms with Crippen molar-refractivity contribution in [3.63, 3.8) is 0 Å². The van der Waals surface area contributed by atoms with Gasteiger partial charge in [-0.05, 0) is 63.3 Å². The van der Waals surface area contributed by atoms with Crippen LogP contribution < -0.4 is 0 Å². The molecule has 1 aliphatic rings. The molecule has 4 nitrogen and oxygen atoms in total. The maximum absolute atomic E-state index is 12.5. The molecule has 142 valence electrons. The van der Waals surface area contributed by atoms with Gasteiger partial charge in [0.2, 0.25) is 0 Å². The molecule has 2 atom stereocenters. The zero-order valence-electron chi connectivity index (χ0n) is 16.3. The minimum absolute atomic E-state index is 0.112. The van der Waals surface area contributed by atoms with E-state index in [2.05, 4.69) is 45.0 Å². The Morgan fingerprint density at radius 2 is 1.44 bits per heavy atom. The normalized spacial score (nSPS) is 19.6. The van der Waals surface area contributed by atoms with Crippen LogP contribution in [0.15, 0.2) is 48.5 Å². The molecule has 1 saturated heterocycles. The number of likely N-dealkylation sites (tertiary alicyclic amines) is 1. The van der Waals surface area contributed by atoms with Gasteiger partial charge in [0.05, 0.1) is 5.56 Å². The number of esters is 1. The molecular formula is C23H27NO3. The van der Waals surface area contributed by atoms with Gasteiger partial charge in [-0.25, -0.2) is 4.79 Å². The molecule has 2 unspecified atom stereocenters. The zero-order chi connectivity index (χ0) is 19.4. The number of carbonyl (C=O) groups excluding carboxylic acids is 2. The Hall–Kier alpha value is -2.62. The number of ether oxygens (including phenoxy) is 1. The van der Waals surface area contributed by atoms with Crippen LogP contribution in [0.4, 0.5) is 0 Å². The first-order valence-electron chi connectivity index (χ1n) is 9.61. The summed E-state index contributed by atoms with van der Waals surface area (Å²) in [7, 11) is 0. The van der Waals surface area contributed by atoms with E-state index in [0.29, 0.717) is 5.56 Å². The predicted octanol–water partition coefficient (Wildman–Crippen LogP) is 4.61. The Labute approximate surface area is 161 Å². The van der Waals surface area contributed by atoms with Gasteiger partial charge in [-0.1, -0.05) is 42.0 Å². The van der Waals surface area contributed by atoms with Crippen molar-refractivity contribution < 1.29 is 14.3 Å². The Morgan fingerprint density at radius 1 is 0.926 bits per heavy atom. The Morgan fingerprint density at radius 3 is 2.00 bits per heavy atom. The van der Waals surface area contributed by atoms with E-state index in [1.54, 1.807) is 12.1 Å². The first-order chi connectivity index (χ1) is 13.0. The second kappa shape index (κ2) is 8.38. The van der Waals surface area contributed by atoms with E-state index in [1.165, 1.54) is 5.56 Å². The fourth-order valence-corrected chi connectivity index (χ4v) is 3.74. The number of hydrogen-bond acceptors (Lipinski definition) is 3. The molecule has 1 aliphatic heterocycles. The van der Waals surface area contributed by atoms with Crippen molar-refractivity contribution in [3.05, 3.63) is 59.7 Å². The smallest absolute Gasteiger partial charge is 0.338 e. The third-order valence-electron chi connectivity index (χ3n) is 5.31. The quantitative estimate of drug-likeness (QED) is 0.744. The lowest BCUT2D eigenvalue weighted by atomic mass is 9.97. The molecule has 0 radical (unpaired) electrons. The second-order valence-corrected chi connectivity index (χ2v) is 7.45. The van der Waals surface area contributed by atoms with Crippen LogP contribution in [0, 0.1) is 6.92 Å². The second-order valence-electron chi connectivity index (χ2n) is 7.45. The molecule has 0 spiro atoms. The third kappa shape index (κ3) is 4.57. The van der Waals surface area contributed by atoms with E-state index in [0.717, 1.165) is 30.4 Å². The Kier molecular flexibility index (Phi) is 5.94. The number of hydrogen-bond donors (Lipinski definition) is 0. The molecule has 0 aliphatic carbocycles. The molecule has 27 heavy (non-hydrogen) atoms. The Balaban J connectivity index is 1.59. The van der Waals surface area contributed by atoms with Gasteiger partial charge in [-0.2, -0.15) is 0 Å². The lowest BCUT2D eigenvalue weighted by Gasteiger charge is -2.38. The van der Waals surface area contributed by atoms with Crippen molar-refractivity contribution in [2.75, 3.05) is 6.61 Å². The SMILES string of the molecule is Cc1ccc(-c2ccc(C(=O)OCC(=O)N3C(C)CCCC3C)cc2)cc1. The highest BCUT2D eigenvalue weighted by Gasteiger charge is 2.29. The van der Waals surface area contributed by atoms with Gasteiger partial charge in [-0.3, -0.25) is 4.79 Å². The summed E-state index contributed by atoms with van der Waals surface area (Å²) in [5, 5.41) is 0. The summed E-state index contributed by atoms with van der Waals surface area (Å²) in [5.74, 6) is -0.574. The van der Waals surface area contributed by atoms with Crippen LogP contribution in [-0.4, -0.2) is 35.5 Å². The summed E-state index contributed by atoms with van der Waals surface area (Å²) < 4.78 is 5.27. The molecular weight excluding hydrogens is 338 g/mol. The fourth-order valence-electron chi connectivity index (χ4n) is 3.74. The summed E-state index contributed by atoms with van der Waals surface area (Å²) in [6.45, 7) is 5.96. The van der Waals surface area contributed by atoms with Gasteiger partial charge in [0.15, 0.2) is 6.61 Å². The number of carbonyl (C=O) groups is 2. The number of benzene rings is 2. The van der Waals surface area contributed by atoms with Crippen LogP contribution in [0.3, 0.4) is 0 Å². The molecule has 0 aromatic heterocycles. The van der Waals surface area contributed by atoms with Gasteiger partial charge < -0.3 is 9.64 Å². The molecule has 0 bridgehead atoms. The van der Waals surface area contributed by atoms with Crippen molar-refractivity contribution in [1.29, 1.82) is 0 Å². The van der Waals surface area contributed by atoms with E-state index in [-0.39, 0.29) is 24.6 Å². The molecule has 4 heteroatoms. The van der Waals surface area contributed by atoms with Crippen LogP contribution in [0.2, 0.25) is 0 Å². The highest BCUT2D eigenvalue weighted by atomic mass is 16.5. The topological polar surface area (TPSA) is 46.6 Å². The standard InChI is InChI=1S/C23H27NO3/c1-16-7-9-19(10-8-16)20-11-13-21(14-12-20)23(26)27-15-22(25)24-17(2)5-4-6-18(24)3/h7-14,17-18H,4-6,15H2,1-3H3. The van der Waals surface area contributed by atoms with E-state index in [1.807, 2.05) is 17.0 Å². The predicted molar refractivity (Wildman–Crippen MR) is 107 cm³/mol. The summed E-state index contributed by atoms with van der Waals surface area (Å²) in [6.07, 6.45) is 3.15. The molecule has 0 saturated carbocycles. The van der Waals surface area contributed by atoms with E-state index >= 15 is 0 Å². The Bertz CT molecular complexity index is 785. The minimum atomic E-state index is -0.462. The maximum Gasteiger partial charge on any atom is 0.338 e. The van der Waals surface area contributed by atoms with Gasteiger partial charge in [0.1, 0.15) is 0 Å². The lowest BCUT2D eigenvalue weighted by Crippen LogP contribution is -2.49. The summed E-state index contributed by atoms with van der Waals surface area (Å²) in [5.41, 5.74) is 3.81. The summed E-state index contributed by atoms with van der Waals surface area (Å²) in [6, 6.07) is 15.9. The van der Waals surface area contributed by atoms with Crippen LogP contribution in [0.5, 0.6) is 0 Å². The minimum Gasteiger partial charge on any atom is -0.452 e. The number of piperidine rings is 1. The lowest BCUT2D eigenvalue weighted by molar-refractivity contribution is -0.140. The van der Waals surface area contributed by atoms with Crippen LogP contribution >= 0.6 is 0 Å². The monoisotopic (exact) mass is 365 g/mol. The molecule has 0 N–H and O–H groups in total. The van der Waals surface area contributed by atoms with Crippen LogP contribution in [0.25, 0.3) is 11.1 Å². The number of rotatable bonds is 4. The average molecular weight is 365 g/mol. The molecule has 2 aromatic rings. The van der Waals surface area contributed by atoms with Crippen molar-refractivity contribution in [2.24, 2.45) is 0 Å². The average Bonchev–Trinajstić information content (AvgIpc) is 2.67. The number of amides is 1. The van der Waals surface area contributed by atoms with Crippen molar-refractivity contribution in [2.45, 2.75) is 52.1 Å². The van der Waals surface area contributed by atoms with Crippen molar-refractivity contribution in [1.82, 2.24) is 4.90 Å². The number of nitrogens with zero attached hydrogens (tertiary/aromatic N) is 1. The largest absolute Gasteiger partial charge is 0.452 e. The summed E-state index contributed by atoms with van der Waals surface area (Å²) >= 11 is 0.